The molecule has 0 aliphatic heterocycles. The van der Waals surface area contributed by atoms with Crippen LogP contribution in [0.15, 0.2) is 40.8 Å². The van der Waals surface area contributed by atoms with Gasteiger partial charge in [-0.1, -0.05) is 19.1 Å². The topological polar surface area (TPSA) is 55.1 Å². The summed E-state index contributed by atoms with van der Waals surface area (Å²) in [7, 11) is 0. The summed E-state index contributed by atoms with van der Waals surface area (Å²) in [6, 6.07) is 12.0. The Balaban J connectivity index is 1.77. The third-order valence-electron chi connectivity index (χ3n) is 4.17. The highest BCUT2D eigenvalue weighted by molar-refractivity contribution is 5.78. The Kier molecular flexibility index (Phi) is 4.65. The van der Waals surface area contributed by atoms with Crippen molar-refractivity contribution in [1.82, 2.24) is 10.3 Å². The molecule has 0 aliphatic rings. The molecule has 0 fully saturated rings. The van der Waals surface area contributed by atoms with Crippen LogP contribution >= 0.6 is 0 Å². The van der Waals surface area contributed by atoms with Gasteiger partial charge in [0.2, 0.25) is 11.8 Å². The van der Waals surface area contributed by atoms with Crippen molar-refractivity contribution in [2.75, 3.05) is 0 Å². The lowest BCUT2D eigenvalue weighted by Gasteiger charge is -2.05. The van der Waals surface area contributed by atoms with E-state index in [1.165, 1.54) is 11.1 Å². The Morgan fingerprint density at radius 1 is 1.12 bits per heavy atom. The summed E-state index contributed by atoms with van der Waals surface area (Å²) in [4.78, 5) is 16.1. The molecule has 1 amide bonds. The first-order chi connectivity index (χ1) is 11.6. The van der Waals surface area contributed by atoms with E-state index in [0.29, 0.717) is 18.9 Å². The van der Waals surface area contributed by atoms with Crippen LogP contribution in [0.5, 0.6) is 0 Å². The van der Waals surface area contributed by atoms with Gasteiger partial charge < -0.3 is 9.73 Å². The van der Waals surface area contributed by atoms with E-state index in [1.807, 2.05) is 37.3 Å². The number of fused-ring (bicyclic) bond motifs is 1. The Morgan fingerprint density at radius 2 is 1.83 bits per heavy atom. The molecule has 1 heterocycles. The molecule has 124 valence electrons. The van der Waals surface area contributed by atoms with Gasteiger partial charge in [0.1, 0.15) is 5.52 Å². The van der Waals surface area contributed by atoms with Crippen LogP contribution in [0.25, 0.3) is 22.6 Å². The number of oxazole rings is 1. The molecule has 0 radical (unpaired) electrons. The number of rotatable bonds is 5. The molecule has 3 aromatic rings. The van der Waals surface area contributed by atoms with Crippen molar-refractivity contribution in [2.24, 2.45) is 0 Å². The zero-order valence-corrected chi connectivity index (χ0v) is 14.3. The molecule has 3 rings (SSSR count). The van der Waals surface area contributed by atoms with Crippen molar-refractivity contribution < 1.29 is 9.21 Å². The third-order valence-corrected chi connectivity index (χ3v) is 4.17. The van der Waals surface area contributed by atoms with Crippen LogP contribution in [0.4, 0.5) is 0 Å². The molecule has 0 atom stereocenters. The lowest BCUT2D eigenvalue weighted by molar-refractivity contribution is -0.121. The fourth-order valence-electron chi connectivity index (χ4n) is 2.58. The molecule has 0 saturated carbocycles. The predicted octanol–water partition coefficient (Wildman–Crippen LogP) is 4.53. The normalized spacial score (nSPS) is 11.0. The zero-order chi connectivity index (χ0) is 17.1. The molecule has 24 heavy (non-hydrogen) atoms. The number of nitrogens with one attached hydrogen (secondary N) is 1. The van der Waals surface area contributed by atoms with Gasteiger partial charge in [-0.2, -0.15) is 0 Å². The minimum atomic E-state index is 0.0891. The smallest absolute Gasteiger partial charge is 0.227 e. The first kappa shape index (κ1) is 16.2. The highest BCUT2D eigenvalue weighted by Crippen LogP contribution is 2.26. The molecule has 0 saturated heterocycles. The lowest BCUT2D eigenvalue weighted by atomic mass is 10.1. The summed E-state index contributed by atoms with van der Waals surface area (Å²) >= 11 is 0. The first-order valence-corrected chi connectivity index (χ1v) is 8.30. The van der Waals surface area contributed by atoms with Crippen LogP contribution in [-0.4, -0.2) is 10.9 Å². The number of nitrogens with zero attached hydrogens (tertiary/aromatic N) is 1. The summed E-state index contributed by atoms with van der Waals surface area (Å²) < 4.78 is 5.88. The van der Waals surface area contributed by atoms with Crippen molar-refractivity contribution in [1.29, 1.82) is 0 Å². The molecule has 0 aliphatic carbocycles. The highest BCUT2D eigenvalue weighted by atomic mass is 16.3. The van der Waals surface area contributed by atoms with E-state index in [4.69, 9.17) is 4.42 Å². The van der Waals surface area contributed by atoms with Crippen molar-refractivity contribution in [3.63, 3.8) is 0 Å². The number of hydrogen-bond donors (Lipinski definition) is 1. The third kappa shape index (κ3) is 3.48. The number of aromatic nitrogens is 1. The number of carbonyl (C=O) groups is 1. The van der Waals surface area contributed by atoms with Crippen LogP contribution in [0.2, 0.25) is 0 Å². The van der Waals surface area contributed by atoms with Gasteiger partial charge >= 0.3 is 0 Å². The maximum absolute atomic E-state index is 11.5. The molecule has 0 bridgehead atoms. The van der Waals surface area contributed by atoms with Gasteiger partial charge in [0.05, 0.1) is 0 Å². The van der Waals surface area contributed by atoms with Crippen LogP contribution in [0.3, 0.4) is 0 Å². The first-order valence-electron chi connectivity index (χ1n) is 8.30. The molecule has 1 aromatic heterocycles. The second-order valence-corrected chi connectivity index (χ2v) is 6.15. The minimum Gasteiger partial charge on any atom is -0.436 e. The fourth-order valence-corrected chi connectivity index (χ4v) is 2.58. The SMILES string of the molecule is CCCC(=O)NCc1ccc(-c2nc3cc(C)c(C)cc3o2)cc1. The van der Waals surface area contributed by atoms with Gasteiger partial charge in [-0.3, -0.25) is 4.79 Å². The maximum Gasteiger partial charge on any atom is 0.227 e. The number of hydrogen-bond acceptors (Lipinski definition) is 3. The van der Waals surface area contributed by atoms with Gasteiger partial charge in [0.15, 0.2) is 5.58 Å². The van der Waals surface area contributed by atoms with Crippen molar-refractivity contribution >= 4 is 17.0 Å². The summed E-state index contributed by atoms with van der Waals surface area (Å²) in [5, 5.41) is 2.92. The number of benzene rings is 2. The lowest BCUT2D eigenvalue weighted by Crippen LogP contribution is -2.21. The van der Waals surface area contributed by atoms with Crippen LogP contribution in [0, 0.1) is 13.8 Å². The van der Waals surface area contributed by atoms with Crippen molar-refractivity contribution in [3.05, 3.63) is 53.1 Å². The number of aryl methyl sites for hydroxylation is 2. The van der Waals surface area contributed by atoms with Crippen molar-refractivity contribution in [2.45, 2.75) is 40.2 Å². The van der Waals surface area contributed by atoms with Crippen LogP contribution in [-0.2, 0) is 11.3 Å². The monoisotopic (exact) mass is 322 g/mol. The molecule has 0 spiro atoms. The predicted molar refractivity (Wildman–Crippen MR) is 95.7 cm³/mol. The van der Waals surface area contributed by atoms with E-state index >= 15 is 0 Å². The Labute approximate surface area is 141 Å². The van der Waals surface area contributed by atoms with E-state index in [2.05, 4.69) is 30.2 Å². The van der Waals surface area contributed by atoms with E-state index in [0.717, 1.165) is 28.6 Å². The summed E-state index contributed by atoms with van der Waals surface area (Å²) in [5.74, 6) is 0.711. The molecule has 0 unspecified atom stereocenters. The average Bonchev–Trinajstić information content (AvgIpc) is 2.97. The molecular formula is C20H22N2O2. The molecular weight excluding hydrogens is 300 g/mol. The van der Waals surface area contributed by atoms with Gasteiger partial charge in [0.25, 0.3) is 0 Å². The highest BCUT2D eigenvalue weighted by Gasteiger charge is 2.09. The molecule has 1 N–H and O–H groups in total. The van der Waals surface area contributed by atoms with E-state index in [-0.39, 0.29) is 5.91 Å². The van der Waals surface area contributed by atoms with E-state index < -0.39 is 0 Å². The van der Waals surface area contributed by atoms with Gasteiger partial charge in [-0.15, -0.1) is 0 Å². The summed E-state index contributed by atoms with van der Waals surface area (Å²) in [6.45, 7) is 6.69. The fraction of sp³-hybridized carbons (Fsp3) is 0.300. The van der Waals surface area contributed by atoms with E-state index in [9.17, 15) is 4.79 Å². The standard InChI is InChI=1S/C20H22N2O2/c1-4-5-19(23)21-12-15-6-8-16(9-7-15)20-22-17-10-13(2)14(3)11-18(17)24-20/h6-11H,4-5,12H2,1-3H3,(H,21,23). The van der Waals surface area contributed by atoms with Gasteiger partial charge in [-0.05, 0) is 61.2 Å². The number of amides is 1. The Morgan fingerprint density at radius 3 is 2.54 bits per heavy atom. The second-order valence-electron chi connectivity index (χ2n) is 6.15. The Bertz CT molecular complexity index is 824. The minimum absolute atomic E-state index is 0.0891. The molecule has 2 aromatic carbocycles. The summed E-state index contributed by atoms with van der Waals surface area (Å²) in [5.41, 5.74) is 6.09. The molecule has 4 heteroatoms. The van der Waals surface area contributed by atoms with Gasteiger partial charge in [-0.25, -0.2) is 4.98 Å². The Hall–Kier alpha value is -2.62. The number of carbonyl (C=O) groups excluding carboxylic acids is 1. The van der Waals surface area contributed by atoms with Crippen molar-refractivity contribution in [3.8, 4) is 11.5 Å². The summed E-state index contributed by atoms with van der Waals surface area (Å²) in [6.07, 6.45) is 1.43. The largest absolute Gasteiger partial charge is 0.436 e. The van der Waals surface area contributed by atoms with E-state index in [1.54, 1.807) is 0 Å². The second kappa shape index (κ2) is 6.87. The molecule has 4 nitrogen and oxygen atoms in total. The van der Waals surface area contributed by atoms with Crippen LogP contribution in [0.1, 0.15) is 36.5 Å². The quantitative estimate of drug-likeness (QED) is 0.751. The van der Waals surface area contributed by atoms with Gasteiger partial charge in [0, 0.05) is 18.5 Å². The maximum atomic E-state index is 11.5. The average molecular weight is 322 g/mol. The van der Waals surface area contributed by atoms with Crippen LogP contribution < -0.4 is 5.32 Å². The zero-order valence-electron chi connectivity index (χ0n) is 14.3.